The summed E-state index contributed by atoms with van der Waals surface area (Å²) in [5.74, 6) is 0.464. The number of carbonyl (C=O) groups is 1. The predicted octanol–water partition coefficient (Wildman–Crippen LogP) is 0.584. The summed E-state index contributed by atoms with van der Waals surface area (Å²) < 4.78 is 0. The van der Waals surface area contributed by atoms with Gasteiger partial charge >= 0.3 is 6.03 Å². The van der Waals surface area contributed by atoms with Crippen molar-refractivity contribution in [2.75, 3.05) is 23.7 Å². The van der Waals surface area contributed by atoms with E-state index in [1.54, 1.807) is 23.2 Å². The topological polar surface area (TPSA) is 71.2 Å². The molecule has 1 fully saturated rings. The molecule has 0 unspecified atom stereocenters. The van der Waals surface area contributed by atoms with E-state index in [9.17, 15) is 4.79 Å². The molecule has 0 aliphatic carbocycles. The Kier molecular flexibility index (Phi) is 2.22. The first-order valence-corrected chi connectivity index (χ1v) is 4.54. The van der Waals surface area contributed by atoms with Crippen LogP contribution in [0.5, 0.6) is 0 Å². The van der Waals surface area contributed by atoms with Gasteiger partial charge in [-0.05, 0) is 18.6 Å². The third-order valence-electron chi connectivity index (χ3n) is 2.16. The standard InChI is InChI=1S/C9H12N4O/c10-8-3-2-7(6-12-8)13-5-1-4-11-9(13)14/h2-3,6H,1,4-5H2,(H2,10,12)(H,11,14). The van der Waals surface area contributed by atoms with Crippen LogP contribution >= 0.6 is 0 Å². The summed E-state index contributed by atoms with van der Waals surface area (Å²) in [6.45, 7) is 1.48. The van der Waals surface area contributed by atoms with Crippen LogP contribution in [-0.4, -0.2) is 24.1 Å². The number of hydrogen-bond acceptors (Lipinski definition) is 3. The number of nitrogens with two attached hydrogens (primary N) is 1. The SMILES string of the molecule is Nc1ccc(N2CCCNC2=O)cn1. The van der Waals surface area contributed by atoms with Crippen LogP contribution in [0, 0.1) is 0 Å². The van der Waals surface area contributed by atoms with E-state index in [2.05, 4.69) is 10.3 Å². The maximum atomic E-state index is 11.4. The van der Waals surface area contributed by atoms with Crippen molar-refractivity contribution >= 4 is 17.5 Å². The molecule has 1 aromatic rings. The summed E-state index contributed by atoms with van der Waals surface area (Å²) in [6, 6.07) is 3.42. The smallest absolute Gasteiger partial charge is 0.321 e. The lowest BCUT2D eigenvalue weighted by Crippen LogP contribution is -2.46. The fourth-order valence-electron chi connectivity index (χ4n) is 1.43. The van der Waals surface area contributed by atoms with E-state index in [0.29, 0.717) is 5.82 Å². The largest absolute Gasteiger partial charge is 0.384 e. The molecule has 0 aromatic carbocycles. The van der Waals surface area contributed by atoms with Crippen LogP contribution in [0.25, 0.3) is 0 Å². The summed E-state index contributed by atoms with van der Waals surface area (Å²) in [5.41, 5.74) is 6.25. The maximum Gasteiger partial charge on any atom is 0.321 e. The van der Waals surface area contributed by atoms with Gasteiger partial charge in [-0.3, -0.25) is 4.90 Å². The summed E-state index contributed by atoms with van der Waals surface area (Å²) in [6.07, 6.45) is 2.57. The van der Waals surface area contributed by atoms with Crippen LogP contribution < -0.4 is 16.0 Å². The van der Waals surface area contributed by atoms with E-state index in [1.807, 2.05) is 0 Å². The number of urea groups is 1. The maximum absolute atomic E-state index is 11.4. The fourth-order valence-corrected chi connectivity index (χ4v) is 1.43. The zero-order valence-corrected chi connectivity index (χ0v) is 7.73. The van der Waals surface area contributed by atoms with Gasteiger partial charge in [0.2, 0.25) is 0 Å². The second kappa shape index (κ2) is 3.53. The molecule has 1 saturated heterocycles. The van der Waals surface area contributed by atoms with Crippen molar-refractivity contribution in [2.24, 2.45) is 0 Å². The van der Waals surface area contributed by atoms with Crippen LogP contribution in [-0.2, 0) is 0 Å². The van der Waals surface area contributed by atoms with Gasteiger partial charge in [-0.1, -0.05) is 0 Å². The number of pyridine rings is 1. The Morgan fingerprint density at radius 2 is 2.36 bits per heavy atom. The van der Waals surface area contributed by atoms with E-state index in [1.165, 1.54) is 0 Å². The minimum absolute atomic E-state index is 0.0668. The highest BCUT2D eigenvalue weighted by atomic mass is 16.2. The molecule has 0 radical (unpaired) electrons. The zero-order chi connectivity index (χ0) is 9.97. The normalized spacial score (nSPS) is 16.6. The Labute approximate surface area is 81.9 Å². The van der Waals surface area contributed by atoms with Crippen molar-refractivity contribution in [3.63, 3.8) is 0 Å². The lowest BCUT2D eigenvalue weighted by Gasteiger charge is -2.27. The molecular weight excluding hydrogens is 180 g/mol. The number of nitrogen functional groups attached to an aromatic ring is 1. The highest BCUT2D eigenvalue weighted by Gasteiger charge is 2.18. The molecule has 74 valence electrons. The minimum Gasteiger partial charge on any atom is -0.384 e. The fraction of sp³-hybridized carbons (Fsp3) is 0.333. The van der Waals surface area contributed by atoms with Gasteiger partial charge in [-0.15, -0.1) is 0 Å². The molecule has 2 amide bonds. The van der Waals surface area contributed by atoms with Gasteiger partial charge in [-0.25, -0.2) is 9.78 Å². The van der Waals surface area contributed by atoms with Crippen molar-refractivity contribution in [1.29, 1.82) is 0 Å². The lowest BCUT2D eigenvalue weighted by atomic mass is 10.3. The first-order chi connectivity index (χ1) is 6.77. The van der Waals surface area contributed by atoms with Gasteiger partial charge in [0.1, 0.15) is 5.82 Å². The van der Waals surface area contributed by atoms with Crippen LogP contribution in [0.4, 0.5) is 16.3 Å². The van der Waals surface area contributed by atoms with Crippen molar-refractivity contribution in [3.8, 4) is 0 Å². The Balaban J connectivity index is 2.20. The molecule has 3 N–H and O–H groups in total. The lowest BCUT2D eigenvalue weighted by molar-refractivity contribution is 0.243. The molecule has 1 aromatic heterocycles. The van der Waals surface area contributed by atoms with E-state index in [-0.39, 0.29) is 6.03 Å². The van der Waals surface area contributed by atoms with Gasteiger partial charge in [0.05, 0.1) is 11.9 Å². The molecule has 0 bridgehead atoms. The first kappa shape index (κ1) is 8.80. The third-order valence-corrected chi connectivity index (χ3v) is 2.16. The molecule has 14 heavy (non-hydrogen) atoms. The Hall–Kier alpha value is -1.78. The molecule has 1 aliphatic rings. The molecule has 2 rings (SSSR count). The Morgan fingerprint density at radius 1 is 1.50 bits per heavy atom. The Morgan fingerprint density at radius 3 is 3.00 bits per heavy atom. The van der Waals surface area contributed by atoms with Gasteiger partial charge in [0.25, 0.3) is 0 Å². The average Bonchev–Trinajstić information content (AvgIpc) is 2.20. The predicted molar refractivity (Wildman–Crippen MR) is 54.0 cm³/mol. The van der Waals surface area contributed by atoms with Gasteiger partial charge in [0.15, 0.2) is 0 Å². The van der Waals surface area contributed by atoms with E-state index < -0.39 is 0 Å². The number of nitrogens with one attached hydrogen (secondary N) is 1. The molecule has 5 heteroatoms. The van der Waals surface area contributed by atoms with E-state index in [0.717, 1.165) is 25.2 Å². The van der Waals surface area contributed by atoms with Crippen molar-refractivity contribution < 1.29 is 4.79 Å². The quantitative estimate of drug-likeness (QED) is 0.683. The van der Waals surface area contributed by atoms with Crippen molar-refractivity contribution in [2.45, 2.75) is 6.42 Å². The molecule has 0 saturated carbocycles. The Bertz CT molecular complexity index is 335. The van der Waals surface area contributed by atoms with Crippen molar-refractivity contribution in [1.82, 2.24) is 10.3 Å². The van der Waals surface area contributed by atoms with E-state index >= 15 is 0 Å². The average molecular weight is 192 g/mol. The van der Waals surface area contributed by atoms with Gasteiger partial charge in [-0.2, -0.15) is 0 Å². The van der Waals surface area contributed by atoms with Crippen LogP contribution in [0.3, 0.4) is 0 Å². The minimum atomic E-state index is -0.0668. The highest BCUT2D eigenvalue weighted by Crippen LogP contribution is 2.15. The highest BCUT2D eigenvalue weighted by molar-refractivity contribution is 5.92. The summed E-state index contributed by atoms with van der Waals surface area (Å²) in [5, 5.41) is 2.77. The molecular formula is C9H12N4O. The first-order valence-electron chi connectivity index (χ1n) is 4.54. The summed E-state index contributed by atoms with van der Waals surface area (Å²) >= 11 is 0. The third kappa shape index (κ3) is 1.61. The number of aromatic nitrogens is 1. The number of hydrogen-bond donors (Lipinski definition) is 2. The van der Waals surface area contributed by atoms with Crippen molar-refractivity contribution in [3.05, 3.63) is 18.3 Å². The summed E-state index contributed by atoms with van der Waals surface area (Å²) in [7, 11) is 0. The van der Waals surface area contributed by atoms with Gasteiger partial charge in [0, 0.05) is 13.1 Å². The molecule has 0 spiro atoms. The molecule has 2 heterocycles. The number of carbonyl (C=O) groups excluding carboxylic acids is 1. The number of nitrogens with zero attached hydrogens (tertiary/aromatic N) is 2. The van der Waals surface area contributed by atoms with Crippen LogP contribution in [0.15, 0.2) is 18.3 Å². The van der Waals surface area contributed by atoms with Gasteiger partial charge < -0.3 is 11.1 Å². The summed E-state index contributed by atoms with van der Waals surface area (Å²) in [4.78, 5) is 17.0. The zero-order valence-electron chi connectivity index (χ0n) is 7.73. The second-order valence-electron chi connectivity index (χ2n) is 3.18. The molecule has 0 atom stereocenters. The monoisotopic (exact) mass is 192 g/mol. The molecule has 5 nitrogen and oxygen atoms in total. The number of amides is 2. The second-order valence-corrected chi connectivity index (χ2v) is 3.18. The number of rotatable bonds is 1. The van der Waals surface area contributed by atoms with Crippen LogP contribution in [0.2, 0.25) is 0 Å². The van der Waals surface area contributed by atoms with E-state index in [4.69, 9.17) is 5.73 Å². The molecule has 1 aliphatic heterocycles. The van der Waals surface area contributed by atoms with Crippen LogP contribution in [0.1, 0.15) is 6.42 Å². The number of anilines is 2.